The Morgan fingerprint density at radius 3 is 2.86 bits per heavy atom. The molecule has 0 aromatic heterocycles. The van der Waals surface area contributed by atoms with E-state index in [1.807, 2.05) is 0 Å². The van der Waals surface area contributed by atoms with Gasteiger partial charge in [-0.15, -0.1) is 0 Å². The molecule has 116 valence electrons. The van der Waals surface area contributed by atoms with Crippen LogP contribution in [0.2, 0.25) is 0 Å². The number of hydrogen-bond donors (Lipinski definition) is 2. The lowest BCUT2D eigenvalue weighted by atomic mass is 10.1. The van der Waals surface area contributed by atoms with E-state index in [1.165, 1.54) is 4.90 Å². The molecule has 2 amide bonds. The summed E-state index contributed by atoms with van der Waals surface area (Å²) >= 11 is 0. The van der Waals surface area contributed by atoms with Crippen LogP contribution in [0.15, 0.2) is 18.2 Å². The molecule has 1 aromatic rings. The minimum Gasteiger partial charge on any atom is -0.394 e. The van der Waals surface area contributed by atoms with Crippen LogP contribution in [0.25, 0.3) is 0 Å². The second-order valence-electron chi connectivity index (χ2n) is 5.62. The van der Waals surface area contributed by atoms with Gasteiger partial charge in [0.1, 0.15) is 11.6 Å². The van der Waals surface area contributed by atoms with Gasteiger partial charge >= 0.3 is 6.03 Å². The molecule has 2 rings (SSSR count). The van der Waals surface area contributed by atoms with Crippen LogP contribution in [-0.2, 0) is 4.74 Å². The van der Waals surface area contributed by atoms with E-state index in [2.05, 4.69) is 5.32 Å². The number of anilines is 1. The van der Waals surface area contributed by atoms with Gasteiger partial charge in [0.15, 0.2) is 0 Å². The van der Waals surface area contributed by atoms with Gasteiger partial charge in [0.05, 0.1) is 37.1 Å². The molecular formula is C14H18F2N2O3. The van der Waals surface area contributed by atoms with Crippen LogP contribution in [0.1, 0.15) is 13.8 Å². The predicted molar refractivity (Wildman–Crippen MR) is 73.0 cm³/mol. The van der Waals surface area contributed by atoms with Crippen LogP contribution in [0, 0.1) is 11.6 Å². The number of morpholine rings is 1. The zero-order valence-corrected chi connectivity index (χ0v) is 11.9. The standard InChI is InChI=1S/C14H18F2N2O3/c1-14(2)8-18(6-10(7-19)21-14)13(20)17-12-4-3-9(15)5-11(12)16/h3-5,10,19H,6-8H2,1-2H3,(H,17,20). The lowest BCUT2D eigenvalue weighted by molar-refractivity contribution is -0.137. The highest BCUT2D eigenvalue weighted by Gasteiger charge is 2.35. The average Bonchev–Trinajstić information content (AvgIpc) is 2.40. The maximum atomic E-state index is 13.5. The number of urea groups is 1. The van der Waals surface area contributed by atoms with Crippen molar-refractivity contribution in [3.05, 3.63) is 29.8 Å². The van der Waals surface area contributed by atoms with Gasteiger partial charge in [0, 0.05) is 6.07 Å². The fourth-order valence-electron chi connectivity index (χ4n) is 2.33. The van der Waals surface area contributed by atoms with Crippen molar-refractivity contribution in [2.24, 2.45) is 0 Å². The molecule has 0 aliphatic carbocycles. The first-order valence-corrected chi connectivity index (χ1v) is 6.60. The van der Waals surface area contributed by atoms with Crippen LogP contribution in [0.4, 0.5) is 19.3 Å². The Hall–Kier alpha value is -1.73. The maximum absolute atomic E-state index is 13.5. The average molecular weight is 300 g/mol. The number of benzene rings is 1. The number of aliphatic hydroxyl groups is 1. The van der Waals surface area contributed by atoms with Crippen LogP contribution in [0.5, 0.6) is 0 Å². The molecule has 21 heavy (non-hydrogen) atoms. The first-order valence-electron chi connectivity index (χ1n) is 6.60. The molecule has 1 fully saturated rings. The summed E-state index contributed by atoms with van der Waals surface area (Å²) in [4.78, 5) is 13.6. The monoisotopic (exact) mass is 300 g/mol. The van der Waals surface area contributed by atoms with Crippen molar-refractivity contribution in [2.75, 3.05) is 25.0 Å². The Morgan fingerprint density at radius 1 is 1.52 bits per heavy atom. The summed E-state index contributed by atoms with van der Waals surface area (Å²) in [6.07, 6.45) is -0.488. The van der Waals surface area contributed by atoms with Gasteiger partial charge < -0.3 is 20.1 Å². The summed E-state index contributed by atoms with van der Waals surface area (Å²) in [6.45, 7) is 3.89. The molecule has 5 nitrogen and oxygen atoms in total. The highest BCUT2D eigenvalue weighted by molar-refractivity contribution is 5.89. The highest BCUT2D eigenvalue weighted by atomic mass is 19.1. The summed E-state index contributed by atoms with van der Waals surface area (Å²) in [5.74, 6) is -1.55. The summed E-state index contributed by atoms with van der Waals surface area (Å²) in [5, 5.41) is 11.6. The second-order valence-corrected chi connectivity index (χ2v) is 5.62. The predicted octanol–water partition coefficient (Wildman–Crippen LogP) is 1.97. The smallest absolute Gasteiger partial charge is 0.322 e. The third kappa shape index (κ3) is 3.89. The number of nitrogens with one attached hydrogen (secondary N) is 1. The van der Waals surface area contributed by atoms with E-state index in [-0.39, 0.29) is 18.8 Å². The van der Waals surface area contributed by atoms with E-state index in [0.717, 1.165) is 12.1 Å². The fourth-order valence-corrected chi connectivity index (χ4v) is 2.33. The maximum Gasteiger partial charge on any atom is 0.322 e. The molecule has 1 unspecified atom stereocenters. The Kier molecular flexibility index (Phi) is 4.43. The number of carbonyl (C=O) groups excluding carboxylic acids is 1. The fraction of sp³-hybridized carbons (Fsp3) is 0.500. The molecule has 2 N–H and O–H groups in total. The van der Waals surface area contributed by atoms with Gasteiger partial charge in [0.25, 0.3) is 0 Å². The molecule has 7 heteroatoms. The van der Waals surface area contributed by atoms with E-state index in [9.17, 15) is 18.7 Å². The number of carbonyl (C=O) groups is 1. The number of nitrogens with zero attached hydrogens (tertiary/aromatic N) is 1. The van der Waals surface area contributed by atoms with E-state index in [1.54, 1.807) is 13.8 Å². The molecular weight excluding hydrogens is 282 g/mol. The first-order chi connectivity index (χ1) is 9.80. The zero-order chi connectivity index (χ0) is 15.6. The number of halogens is 2. The van der Waals surface area contributed by atoms with Crippen LogP contribution >= 0.6 is 0 Å². The largest absolute Gasteiger partial charge is 0.394 e. The Bertz CT molecular complexity index is 537. The molecule has 0 spiro atoms. The van der Waals surface area contributed by atoms with Crippen molar-refractivity contribution in [1.29, 1.82) is 0 Å². The molecule has 1 heterocycles. The summed E-state index contributed by atoms with van der Waals surface area (Å²) in [5.41, 5.74) is -0.698. The number of hydrogen-bond acceptors (Lipinski definition) is 3. The van der Waals surface area contributed by atoms with Gasteiger partial charge in [-0.25, -0.2) is 13.6 Å². The van der Waals surface area contributed by atoms with Crippen molar-refractivity contribution >= 4 is 11.7 Å². The van der Waals surface area contributed by atoms with Crippen LogP contribution < -0.4 is 5.32 Å². The molecule has 0 saturated carbocycles. The Balaban J connectivity index is 2.08. The van der Waals surface area contributed by atoms with Crippen molar-refractivity contribution in [2.45, 2.75) is 25.6 Å². The molecule has 1 aromatic carbocycles. The number of aliphatic hydroxyl groups excluding tert-OH is 1. The van der Waals surface area contributed by atoms with Crippen molar-refractivity contribution in [3.8, 4) is 0 Å². The number of amides is 2. The first kappa shape index (κ1) is 15.7. The van der Waals surface area contributed by atoms with E-state index in [4.69, 9.17) is 4.74 Å². The summed E-state index contributed by atoms with van der Waals surface area (Å²) in [7, 11) is 0. The quantitative estimate of drug-likeness (QED) is 0.878. The van der Waals surface area contributed by atoms with Gasteiger partial charge in [-0.3, -0.25) is 0 Å². The lowest BCUT2D eigenvalue weighted by Crippen LogP contribution is -2.56. The molecule has 0 radical (unpaired) electrons. The normalized spacial score (nSPS) is 21.2. The topological polar surface area (TPSA) is 61.8 Å². The third-order valence-electron chi connectivity index (χ3n) is 3.14. The Morgan fingerprint density at radius 2 is 2.24 bits per heavy atom. The number of rotatable bonds is 2. The van der Waals surface area contributed by atoms with E-state index < -0.39 is 29.4 Å². The van der Waals surface area contributed by atoms with Crippen LogP contribution in [-0.4, -0.2) is 47.4 Å². The molecule has 0 bridgehead atoms. The SMILES string of the molecule is CC1(C)CN(C(=O)Nc2ccc(F)cc2F)CC(CO)O1. The van der Waals surface area contributed by atoms with Crippen molar-refractivity contribution in [1.82, 2.24) is 4.90 Å². The van der Waals surface area contributed by atoms with Gasteiger partial charge in [-0.2, -0.15) is 0 Å². The number of ether oxygens (including phenoxy) is 1. The van der Waals surface area contributed by atoms with Crippen molar-refractivity contribution in [3.63, 3.8) is 0 Å². The summed E-state index contributed by atoms with van der Waals surface area (Å²) < 4.78 is 32.0. The third-order valence-corrected chi connectivity index (χ3v) is 3.14. The molecule has 1 saturated heterocycles. The lowest BCUT2D eigenvalue weighted by Gasteiger charge is -2.42. The minimum atomic E-state index is -0.838. The van der Waals surface area contributed by atoms with Crippen molar-refractivity contribution < 1.29 is 23.4 Å². The Labute approximate surface area is 121 Å². The minimum absolute atomic E-state index is 0.0914. The van der Waals surface area contributed by atoms with Crippen LogP contribution in [0.3, 0.4) is 0 Å². The van der Waals surface area contributed by atoms with E-state index in [0.29, 0.717) is 12.6 Å². The van der Waals surface area contributed by atoms with Gasteiger partial charge in [-0.1, -0.05) is 0 Å². The summed E-state index contributed by atoms with van der Waals surface area (Å²) in [6, 6.07) is 2.42. The van der Waals surface area contributed by atoms with E-state index >= 15 is 0 Å². The second kappa shape index (κ2) is 5.95. The molecule has 1 aliphatic heterocycles. The molecule has 1 aliphatic rings. The zero-order valence-electron chi connectivity index (χ0n) is 11.9. The molecule has 1 atom stereocenters. The van der Waals surface area contributed by atoms with Gasteiger partial charge in [0.2, 0.25) is 0 Å². The van der Waals surface area contributed by atoms with Gasteiger partial charge in [-0.05, 0) is 26.0 Å². The highest BCUT2D eigenvalue weighted by Crippen LogP contribution is 2.22.